The van der Waals surface area contributed by atoms with E-state index in [4.69, 9.17) is 0 Å². The van der Waals surface area contributed by atoms with Crippen molar-refractivity contribution in [1.82, 2.24) is 14.7 Å². The minimum atomic E-state index is -0.528. The highest BCUT2D eigenvalue weighted by molar-refractivity contribution is 7.03. The van der Waals surface area contributed by atoms with Gasteiger partial charge in [0.2, 0.25) is 0 Å². The van der Waals surface area contributed by atoms with Crippen LogP contribution in [-0.2, 0) is 0 Å². The molecule has 0 bridgehead atoms. The average Bonchev–Trinajstić information content (AvgIpc) is 3.37. The van der Waals surface area contributed by atoms with E-state index in [9.17, 15) is 14.3 Å². The van der Waals surface area contributed by atoms with E-state index in [1.807, 2.05) is 25.3 Å². The van der Waals surface area contributed by atoms with Crippen molar-refractivity contribution in [3.63, 3.8) is 0 Å². The first kappa shape index (κ1) is 20.4. The predicted molar refractivity (Wildman–Crippen MR) is 116 cm³/mol. The SMILES string of the molecule is Cc1cc(F)c(C(=O)NC2CC2)cc1-c1cnc(N[C@@H](C)CO)c(-c2cnsc2)c1. The zero-order valence-electron chi connectivity index (χ0n) is 16.8. The van der Waals surface area contributed by atoms with Gasteiger partial charge in [0.05, 0.1) is 12.2 Å². The topological polar surface area (TPSA) is 87.1 Å². The number of rotatable bonds is 7. The zero-order valence-corrected chi connectivity index (χ0v) is 17.6. The van der Waals surface area contributed by atoms with Crippen LogP contribution in [0.5, 0.6) is 0 Å². The molecule has 30 heavy (non-hydrogen) atoms. The van der Waals surface area contributed by atoms with Crippen molar-refractivity contribution in [2.75, 3.05) is 11.9 Å². The summed E-state index contributed by atoms with van der Waals surface area (Å²) in [5, 5.41) is 17.4. The largest absolute Gasteiger partial charge is 0.394 e. The van der Waals surface area contributed by atoms with Gasteiger partial charge in [-0.2, -0.15) is 0 Å². The first-order chi connectivity index (χ1) is 14.5. The van der Waals surface area contributed by atoms with Gasteiger partial charge in [-0.3, -0.25) is 4.79 Å². The molecule has 1 atom stereocenters. The fourth-order valence-electron chi connectivity index (χ4n) is 3.21. The molecule has 0 unspecified atom stereocenters. The molecule has 1 aromatic carbocycles. The van der Waals surface area contributed by atoms with Gasteiger partial charge >= 0.3 is 0 Å². The summed E-state index contributed by atoms with van der Waals surface area (Å²) in [5.74, 6) is -0.284. The molecule has 0 aliphatic heterocycles. The van der Waals surface area contributed by atoms with Crippen LogP contribution in [0.1, 0.15) is 35.7 Å². The number of benzene rings is 1. The van der Waals surface area contributed by atoms with Crippen molar-refractivity contribution in [2.24, 2.45) is 0 Å². The van der Waals surface area contributed by atoms with E-state index < -0.39 is 5.82 Å². The number of pyridine rings is 1. The van der Waals surface area contributed by atoms with Gasteiger partial charge in [-0.25, -0.2) is 13.7 Å². The molecule has 4 rings (SSSR count). The minimum Gasteiger partial charge on any atom is -0.394 e. The van der Waals surface area contributed by atoms with Gasteiger partial charge in [0.25, 0.3) is 5.91 Å². The Morgan fingerprint density at radius 3 is 2.73 bits per heavy atom. The summed E-state index contributed by atoms with van der Waals surface area (Å²) >= 11 is 1.34. The molecule has 1 aliphatic rings. The van der Waals surface area contributed by atoms with E-state index in [2.05, 4.69) is 20.0 Å². The van der Waals surface area contributed by atoms with Crippen molar-refractivity contribution in [3.05, 3.63) is 52.9 Å². The number of aromatic nitrogens is 2. The quantitative estimate of drug-likeness (QED) is 0.532. The molecular weight excluding hydrogens is 403 g/mol. The van der Waals surface area contributed by atoms with Crippen LogP contribution >= 0.6 is 11.5 Å². The maximum absolute atomic E-state index is 14.5. The molecule has 1 saturated carbocycles. The molecule has 0 radical (unpaired) electrons. The lowest BCUT2D eigenvalue weighted by Crippen LogP contribution is -2.26. The lowest BCUT2D eigenvalue weighted by molar-refractivity contribution is 0.0947. The van der Waals surface area contributed by atoms with Crippen LogP contribution in [0.25, 0.3) is 22.3 Å². The molecule has 2 heterocycles. The first-order valence-corrected chi connectivity index (χ1v) is 10.7. The van der Waals surface area contributed by atoms with Crippen molar-refractivity contribution < 1.29 is 14.3 Å². The molecule has 8 heteroatoms. The normalized spacial score (nSPS) is 14.4. The minimum absolute atomic E-state index is 0.0265. The van der Waals surface area contributed by atoms with Crippen LogP contribution in [0.3, 0.4) is 0 Å². The molecule has 1 aliphatic carbocycles. The Hall–Kier alpha value is -2.84. The van der Waals surface area contributed by atoms with Gasteiger partial charge in [0, 0.05) is 46.5 Å². The fourth-order valence-corrected chi connectivity index (χ4v) is 3.75. The summed E-state index contributed by atoms with van der Waals surface area (Å²) in [6, 6.07) is 4.92. The van der Waals surface area contributed by atoms with Crippen LogP contribution in [0.15, 0.2) is 36.0 Å². The van der Waals surface area contributed by atoms with Crippen molar-refractivity contribution in [1.29, 1.82) is 0 Å². The third-order valence-corrected chi connectivity index (χ3v) is 5.66. The zero-order chi connectivity index (χ0) is 21.3. The number of anilines is 1. The third kappa shape index (κ3) is 4.34. The maximum atomic E-state index is 14.5. The third-order valence-electron chi connectivity index (χ3n) is 5.07. The first-order valence-electron chi connectivity index (χ1n) is 9.85. The van der Waals surface area contributed by atoms with Crippen LogP contribution < -0.4 is 10.6 Å². The molecule has 3 N–H and O–H groups in total. The number of nitrogens with zero attached hydrogens (tertiary/aromatic N) is 2. The number of amides is 1. The Morgan fingerprint density at radius 1 is 1.27 bits per heavy atom. The Kier molecular flexibility index (Phi) is 5.78. The number of hydrogen-bond donors (Lipinski definition) is 3. The van der Waals surface area contributed by atoms with Crippen LogP contribution in [0.4, 0.5) is 10.2 Å². The maximum Gasteiger partial charge on any atom is 0.254 e. The summed E-state index contributed by atoms with van der Waals surface area (Å²) in [4.78, 5) is 17.0. The number of nitrogens with one attached hydrogen (secondary N) is 2. The highest BCUT2D eigenvalue weighted by atomic mass is 32.1. The number of carbonyl (C=O) groups is 1. The Balaban J connectivity index is 1.76. The van der Waals surface area contributed by atoms with Crippen molar-refractivity contribution in [3.8, 4) is 22.3 Å². The monoisotopic (exact) mass is 426 g/mol. The summed E-state index contributed by atoms with van der Waals surface area (Å²) in [7, 11) is 0. The van der Waals surface area contributed by atoms with E-state index in [0.29, 0.717) is 5.82 Å². The van der Waals surface area contributed by atoms with Gasteiger partial charge in [-0.15, -0.1) is 0 Å². The highest BCUT2D eigenvalue weighted by Gasteiger charge is 2.25. The van der Waals surface area contributed by atoms with E-state index in [-0.39, 0.29) is 30.2 Å². The number of aliphatic hydroxyl groups excluding tert-OH is 1. The molecule has 0 spiro atoms. The summed E-state index contributed by atoms with van der Waals surface area (Å²) in [6.07, 6.45) is 5.33. The Labute approximate surface area is 178 Å². The second-order valence-electron chi connectivity index (χ2n) is 7.66. The standard InChI is InChI=1S/C22H23FN4O2S/c1-12-5-20(23)19(22(29)27-16-3-4-16)7-17(12)14-6-18(15-9-25-30-11-15)21(24-8-14)26-13(2)10-28/h5-9,11,13,16,28H,3-4,10H2,1-2H3,(H,24,26)(H,27,29)/t13-/m0/s1. The number of carbonyl (C=O) groups excluding carboxylic acids is 1. The number of halogens is 1. The fraction of sp³-hybridized carbons (Fsp3) is 0.318. The van der Waals surface area contributed by atoms with Crippen molar-refractivity contribution in [2.45, 2.75) is 38.8 Å². The van der Waals surface area contributed by atoms with E-state index in [0.717, 1.165) is 40.7 Å². The van der Waals surface area contributed by atoms with Gasteiger partial charge in [0.15, 0.2) is 0 Å². The van der Waals surface area contributed by atoms with Gasteiger partial charge in [0.1, 0.15) is 11.6 Å². The van der Waals surface area contributed by atoms with Crippen LogP contribution in [0.2, 0.25) is 0 Å². The Morgan fingerprint density at radius 2 is 2.07 bits per heavy atom. The molecule has 156 valence electrons. The second kappa shape index (κ2) is 8.49. The van der Waals surface area contributed by atoms with Gasteiger partial charge in [-0.1, -0.05) is 0 Å². The van der Waals surface area contributed by atoms with Crippen LogP contribution in [-0.4, -0.2) is 39.1 Å². The van der Waals surface area contributed by atoms with Gasteiger partial charge in [-0.05, 0) is 67.5 Å². The molecule has 0 saturated heterocycles. The Bertz CT molecular complexity index is 1070. The molecule has 3 aromatic rings. The summed E-state index contributed by atoms with van der Waals surface area (Å²) in [5.41, 5.74) is 4.00. The highest BCUT2D eigenvalue weighted by Crippen LogP contribution is 2.34. The van der Waals surface area contributed by atoms with E-state index in [1.165, 1.54) is 17.6 Å². The summed E-state index contributed by atoms with van der Waals surface area (Å²) in [6.45, 7) is 3.65. The lowest BCUT2D eigenvalue weighted by Gasteiger charge is -2.17. The van der Waals surface area contributed by atoms with Gasteiger partial charge < -0.3 is 15.7 Å². The van der Waals surface area contributed by atoms with E-state index >= 15 is 0 Å². The molecule has 1 amide bonds. The predicted octanol–water partition coefficient (Wildman–Crippen LogP) is 4.00. The van der Waals surface area contributed by atoms with E-state index in [1.54, 1.807) is 18.5 Å². The lowest BCUT2D eigenvalue weighted by atomic mass is 9.96. The number of aliphatic hydroxyl groups is 1. The molecule has 6 nitrogen and oxygen atoms in total. The number of aryl methyl sites for hydroxylation is 1. The average molecular weight is 427 g/mol. The molecule has 2 aromatic heterocycles. The summed E-state index contributed by atoms with van der Waals surface area (Å²) < 4.78 is 18.7. The van der Waals surface area contributed by atoms with Crippen molar-refractivity contribution >= 4 is 23.3 Å². The molecule has 1 fully saturated rings. The number of hydrogen-bond acceptors (Lipinski definition) is 6. The second-order valence-corrected chi connectivity index (χ2v) is 8.31. The molecular formula is C22H23FN4O2S. The smallest absolute Gasteiger partial charge is 0.254 e. The van der Waals surface area contributed by atoms with Crippen LogP contribution in [0, 0.1) is 12.7 Å².